The van der Waals surface area contributed by atoms with Crippen LogP contribution in [0, 0.1) is 0 Å². The summed E-state index contributed by atoms with van der Waals surface area (Å²) in [5.41, 5.74) is 2.33. The number of aromatic nitrogens is 3. The Morgan fingerprint density at radius 2 is 2.04 bits per heavy atom. The number of hydrogen-bond donors (Lipinski definition) is 1. The zero-order valence-corrected chi connectivity index (χ0v) is 13.8. The number of carbonyl (C=O) groups is 1. The number of rotatable bonds is 6. The number of nitrogens with zero attached hydrogens (tertiary/aromatic N) is 3. The van der Waals surface area contributed by atoms with Crippen LogP contribution in [0.4, 0.5) is 0 Å². The summed E-state index contributed by atoms with van der Waals surface area (Å²) in [6, 6.07) is 12.9. The second-order valence-electron chi connectivity index (χ2n) is 5.51. The minimum Gasteiger partial charge on any atom is -0.383 e. The predicted molar refractivity (Wildman–Crippen MR) is 91.7 cm³/mol. The number of ether oxygens (including phenoxy) is 1. The standard InChI is InChI=1S/C18H20N4O2/c1-13(20-18(23)15-8-5-6-10-19-15)17-21-14-7-3-4-9-16(14)22(17)11-12-24-2/h3-10,13H,11-12H2,1-2H3,(H,20,23)/t13-/m0/s1. The highest BCUT2D eigenvalue weighted by molar-refractivity contribution is 5.92. The van der Waals surface area contributed by atoms with Gasteiger partial charge in [0.05, 0.1) is 23.7 Å². The lowest BCUT2D eigenvalue weighted by Crippen LogP contribution is -2.29. The van der Waals surface area contributed by atoms with E-state index in [-0.39, 0.29) is 11.9 Å². The molecule has 6 nitrogen and oxygen atoms in total. The Morgan fingerprint density at radius 1 is 1.25 bits per heavy atom. The molecule has 24 heavy (non-hydrogen) atoms. The zero-order chi connectivity index (χ0) is 16.9. The molecule has 1 amide bonds. The normalized spacial score (nSPS) is 12.2. The number of fused-ring (bicyclic) bond motifs is 1. The minimum absolute atomic E-state index is 0.214. The molecule has 0 saturated heterocycles. The second kappa shape index (κ2) is 7.23. The molecule has 124 valence electrons. The Kier molecular flexibility index (Phi) is 4.86. The van der Waals surface area contributed by atoms with E-state index >= 15 is 0 Å². The van der Waals surface area contributed by atoms with E-state index in [0.29, 0.717) is 18.8 Å². The minimum atomic E-state index is -0.247. The smallest absolute Gasteiger partial charge is 0.270 e. The Morgan fingerprint density at radius 3 is 2.79 bits per heavy atom. The van der Waals surface area contributed by atoms with Gasteiger partial charge in [-0.15, -0.1) is 0 Å². The van der Waals surface area contributed by atoms with Gasteiger partial charge < -0.3 is 14.6 Å². The van der Waals surface area contributed by atoms with Gasteiger partial charge in [0.1, 0.15) is 11.5 Å². The van der Waals surface area contributed by atoms with Gasteiger partial charge in [-0.2, -0.15) is 0 Å². The largest absolute Gasteiger partial charge is 0.383 e. The summed E-state index contributed by atoms with van der Waals surface area (Å²) in [5, 5.41) is 2.96. The first kappa shape index (κ1) is 16.1. The van der Waals surface area contributed by atoms with Crippen LogP contribution in [0.1, 0.15) is 29.3 Å². The van der Waals surface area contributed by atoms with Gasteiger partial charge in [0.2, 0.25) is 0 Å². The van der Waals surface area contributed by atoms with Crippen molar-refractivity contribution < 1.29 is 9.53 Å². The molecule has 3 aromatic rings. The molecule has 0 radical (unpaired) electrons. The lowest BCUT2D eigenvalue weighted by molar-refractivity contribution is 0.0932. The molecular weight excluding hydrogens is 304 g/mol. The molecular formula is C18H20N4O2. The van der Waals surface area contributed by atoms with Gasteiger partial charge >= 0.3 is 0 Å². The fraction of sp³-hybridized carbons (Fsp3) is 0.278. The molecule has 0 fully saturated rings. The summed E-state index contributed by atoms with van der Waals surface area (Å²) in [7, 11) is 1.67. The van der Waals surface area contributed by atoms with Crippen LogP contribution in [0.15, 0.2) is 48.7 Å². The third kappa shape index (κ3) is 3.28. The maximum atomic E-state index is 12.3. The third-order valence-corrected chi connectivity index (χ3v) is 3.84. The lowest BCUT2D eigenvalue weighted by atomic mass is 10.2. The first-order valence-electron chi connectivity index (χ1n) is 7.86. The highest BCUT2D eigenvalue weighted by Crippen LogP contribution is 2.21. The van der Waals surface area contributed by atoms with E-state index in [2.05, 4.69) is 19.9 Å². The number of pyridine rings is 1. The molecule has 6 heteroatoms. The van der Waals surface area contributed by atoms with E-state index < -0.39 is 0 Å². The molecule has 2 aromatic heterocycles. The summed E-state index contributed by atoms with van der Waals surface area (Å²) >= 11 is 0. The van der Waals surface area contributed by atoms with E-state index in [9.17, 15) is 4.79 Å². The maximum Gasteiger partial charge on any atom is 0.270 e. The Hall–Kier alpha value is -2.73. The molecule has 0 aliphatic rings. The number of para-hydroxylation sites is 2. The quantitative estimate of drug-likeness (QED) is 0.756. The molecule has 0 unspecified atom stereocenters. The predicted octanol–water partition coefficient (Wildman–Crippen LogP) is 2.57. The van der Waals surface area contributed by atoms with Gasteiger partial charge in [0.15, 0.2) is 0 Å². The van der Waals surface area contributed by atoms with Gasteiger partial charge in [-0.05, 0) is 31.2 Å². The van der Waals surface area contributed by atoms with E-state index in [1.54, 1.807) is 31.5 Å². The second-order valence-corrected chi connectivity index (χ2v) is 5.51. The number of nitrogens with one attached hydrogen (secondary N) is 1. The van der Waals surface area contributed by atoms with Gasteiger partial charge in [-0.3, -0.25) is 9.78 Å². The fourth-order valence-electron chi connectivity index (χ4n) is 2.67. The van der Waals surface area contributed by atoms with Gasteiger partial charge in [0.25, 0.3) is 5.91 Å². The van der Waals surface area contributed by atoms with Crippen LogP contribution in [0.5, 0.6) is 0 Å². The van der Waals surface area contributed by atoms with Crippen molar-refractivity contribution in [1.82, 2.24) is 19.9 Å². The van der Waals surface area contributed by atoms with Crippen molar-refractivity contribution in [3.05, 3.63) is 60.2 Å². The molecule has 2 heterocycles. The lowest BCUT2D eigenvalue weighted by Gasteiger charge is -2.16. The average molecular weight is 324 g/mol. The highest BCUT2D eigenvalue weighted by atomic mass is 16.5. The first-order chi connectivity index (χ1) is 11.7. The third-order valence-electron chi connectivity index (χ3n) is 3.84. The number of carbonyl (C=O) groups excluding carboxylic acids is 1. The Bertz CT molecular complexity index is 829. The Balaban J connectivity index is 1.88. The van der Waals surface area contributed by atoms with Crippen molar-refractivity contribution in [2.24, 2.45) is 0 Å². The van der Waals surface area contributed by atoms with Crippen molar-refractivity contribution in [3.8, 4) is 0 Å². The van der Waals surface area contributed by atoms with E-state index in [0.717, 1.165) is 16.9 Å². The molecule has 3 rings (SSSR count). The van der Waals surface area contributed by atoms with Crippen molar-refractivity contribution in [1.29, 1.82) is 0 Å². The van der Waals surface area contributed by atoms with E-state index in [1.807, 2.05) is 31.2 Å². The highest BCUT2D eigenvalue weighted by Gasteiger charge is 2.19. The van der Waals surface area contributed by atoms with Gasteiger partial charge in [-0.1, -0.05) is 18.2 Å². The summed E-state index contributed by atoms with van der Waals surface area (Å²) in [6.07, 6.45) is 1.60. The monoisotopic (exact) mass is 324 g/mol. The number of amides is 1. The van der Waals surface area contributed by atoms with Crippen LogP contribution >= 0.6 is 0 Å². The van der Waals surface area contributed by atoms with Crippen molar-refractivity contribution >= 4 is 16.9 Å². The fourth-order valence-corrected chi connectivity index (χ4v) is 2.67. The average Bonchev–Trinajstić information content (AvgIpc) is 2.99. The van der Waals surface area contributed by atoms with Crippen LogP contribution < -0.4 is 5.32 Å². The van der Waals surface area contributed by atoms with Crippen molar-refractivity contribution in [3.63, 3.8) is 0 Å². The number of hydrogen-bond acceptors (Lipinski definition) is 4. The molecule has 0 spiro atoms. The van der Waals surface area contributed by atoms with Crippen LogP contribution in [0.3, 0.4) is 0 Å². The summed E-state index contributed by atoms with van der Waals surface area (Å²) < 4.78 is 7.29. The number of benzene rings is 1. The van der Waals surface area contributed by atoms with Crippen LogP contribution in [-0.4, -0.2) is 34.2 Å². The van der Waals surface area contributed by atoms with Crippen LogP contribution in [0.25, 0.3) is 11.0 Å². The molecule has 0 aliphatic carbocycles. The maximum absolute atomic E-state index is 12.3. The summed E-state index contributed by atoms with van der Waals surface area (Å²) in [6.45, 7) is 3.18. The molecule has 0 saturated carbocycles. The van der Waals surface area contributed by atoms with E-state index in [1.165, 1.54) is 0 Å². The van der Waals surface area contributed by atoms with E-state index in [4.69, 9.17) is 4.74 Å². The van der Waals surface area contributed by atoms with Crippen molar-refractivity contribution in [2.45, 2.75) is 19.5 Å². The molecule has 0 aliphatic heterocycles. The zero-order valence-electron chi connectivity index (χ0n) is 13.8. The van der Waals surface area contributed by atoms with Gasteiger partial charge in [-0.25, -0.2) is 4.98 Å². The van der Waals surface area contributed by atoms with Gasteiger partial charge in [0, 0.05) is 19.9 Å². The van der Waals surface area contributed by atoms with Crippen LogP contribution in [-0.2, 0) is 11.3 Å². The topological polar surface area (TPSA) is 69.0 Å². The first-order valence-corrected chi connectivity index (χ1v) is 7.86. The SMILES string of the molecule is COCCn1c([C@H](C)NC(=O)c2ccccn2)nc2ccccc21. The number of methoxy groups -OCH3 is 1. The molecule has 1 N–H and O–H groups in total. The Labute approximate surface area is 140 Å². The molecule has 0 bridgehead atoms. The summed E-state index contributed by atoms with van der Waals surface area (Å²) in [4.78, 5) is 21.1. The van der Waals surface area contributed by atoms with Crippen molar-refractivity contribution in [2.75, 3.05) is 13.7 Å². The molecule has 1 atom stereocenters. The summed E-state index contributed by atoms with van der Waals surface area (Å²) in [5.74, 6) is 0.589. The number of imidazole rings is 1. The van der Waals surface area contributed by atoms with Crippen LogP contribution in [0.2, 0.25) is 0 Å². The molecule has 1 aromatic carbocycles.